The summed E-state index contributed by atoms with van der Waals surface area (Å²) in [6.07, 6.45) is -0.436. The largest absolute Gasteiger partial charge is 0.492 e. The van der Waals surface area contributed by atoms with E-state index in [0.29, 0.717) is 25.5 Å². The van der Waals surface area contributed by atoms with Gasteiger partial charge in [0.05, 0.1) is 13.2 Å². The van der Waals surface area contributed by atoms with Crippen molar-refractivity contribution in [2.75, 3.05) is 19.8 Å². The molecule has 0 aliphatic carbocycles. The molecule has 122 valence electrons. The molecular formula is C17H18BrNO4. The zero-order valence-electron chi connectivity index (χ0n) is 12.8. The van der Waals surface area contributed by atoms with Gasteiger partial charge in [0.2, 0.25) is 0 Å². The fourth-order valence-corrected chi connectivity index (χ4v) is 2.15. The second-order valence-corrected chi connectivity index (χ2v) is 5.44. The Morgan fingerprint density at radius 3 is 2.52 bits per heavy atom. The van der Waals surface area contributed by atoms with Gasteiger partial charge in [0.1, 0.15) is 23.9 Å². The first-order valence-electron chi connectivity index (χ1n) is 7.24. The lowest BCUT2D eigenvalue weighted by molar-refractivity contribution is 0.150. The Hall–Kier alpha value is -2.21. The van der Waals surface area contributed by atoms with E-state index in [1.54, 1.807) is 6.92 Å². The second-order valence-electron chi connectivity index (χ2n) is 4.53. The summed E-state index contributed by atoms with van der Waals surface area (Å²) in [5.41, 5.74) is 0. The molecule has 2 aromatic rings. The highest BCUT2D eigenvalue weighted by Gasteiger charge is 2.01. The minimum Gasteiger partial charge on any atom is -0.492 e. The van der Waals surface area contributed by atoms with Crippen LogP contribution in [0.1, 0.15) is 6.92 Å². The summed E-state index contributed by atoms with van der Waals surface area (Å²) in [5.74, 6) is 2.18. The Kier molecular flexibility index (Phi) is 6.75. The first kappa shape index (κ1) is 17.1. The zero-order chi connectivity index (χ0) is 16.5. The van der Waals surface area contributed by atoms with Crippen LogP contribution in [-0.4, -0.2) is 25.9 Å². The average Bonchev–Trinajstić information content (AvgIpc) is 2.53. The summed E-state index contributed by atoms with van der Waals surface area (Å²) in [7, 11) is 0. The Labute approximate surface area is 143 Å². The number of amides is 1. The van der Waals surface area contributed by atoms with Crippen LogP contribution in [0.15, 0.2) is 53.0 Å². The number of nitrogens with one attached hydrogen (secondary N) is 1. The van der Waals surface area contributed by atoms with Gasteiger partial charge in [-0.25, -0.2) is 4.79 Å². The van der Waals surface area contributed by atoms with Gasteiger partial charge in [-0.3, -0.25) is 0 Å². The molecule has 0 aromatic heterocycles. The van der Waals surface area contributed by atoms with E-state index in [-0.39, 0.29) is 0 Å². The highest BCUT2D eigenvalue weighted by Crippen LogP contribution is 2.25. The summed E-state index contributed by atoms with van der Waals surface area (Å²) in [4.78, 5) is 11.1. The molecule has 0 bridgehead atoms. The highest BCUT2D eigenvalue weighted by atomic mass is 79.9. The van der Waals surface area contributed by atoms with Crippen LogP contribution in [0.2, 0.25) is 0 Å². The molecule has 0 aliphatic rings. The molecule has 1 amide bonds. The summed E-state index contributed by atoms with van der Waals surface area (Å²) in [6.45, 7) is 2.86. The number of rotatable bonds is 7. The second kappa shape index (κ2) is 9.05. The van der Waals surface area contributed by atoms with E-state index in [1.807, 2.05) is 48.5 Å². The van der Waals surface area contributed by atoms with Crippen molar-refractivity contribution in [1.82, 2.24) is 5.32 Å². The van der Waals surface area contributed by atoms with Crippen molar-refractivity contribution in [1.29, 1.82) is 0 Å². The third kappa shape index (κ3) is 6.20. The lowest BCUT2D eigenvalue weighted by Gasteiger charge is -2.09. The molecule has 0 spiro atoms. The number of hydrogen-bond acceptors (Lipinski definition) is 4. The van der Waals surface area contributed by atoms with Crippen molar-refractivity contribution in [2.45, 2.75) is 6.92 Å². The number of halogens is 1. The van der Waals surface area contributed by atoms with Crippen LogP contribution in [-0.2, 0) is 4.74 Å². The van der Waals surface area contributed by atoms with Crippen molar-refractivity contribution in [3.8, 4) is 17.2 Å². The van der Waals surface area contributed by atoms with E-state index in [2.05, 4.69) is 21.2 Å². The highest BCUT2D eigenvalue weighted by molar-refractivity contribution is 9.10. The third-order valence-electron chi connectivity index (χ3n) is 2.77. The number of alkyl carbamates (subject to hydrolysis) is 1. The van der Waals surface area contributed by atoms with Gasteiger partial charge >= 0.3 is 6.09 Å². The number of carbonyl (C=O) groups is 1. The van der Waals surface area contributed by atoms with Crippen molar-refractivity contribution >= 4 is 22.0 Å². The topological polar surface area (TPSA) is 56.8 Å². The minimum atomic E-state index is -0.436. The number of carbonyl (C=O) groups excluding carboxylic acids is 1. The molecule has 0 radical (unpaired) electrons. The fourth-order valence-electron chi connectivity index (χ4n) is 1.77. The van der Waals surface area contributed by atoms with E-state index >= 15 is 0 Å². The van der Waals surface area contributed by atoms with Crippen LogP contribution in [0, 0.1) is 0 Å². The maximum atomic E-state index is 11.1. The van der Waals surface area contributed by atoms with Gasteiger partial charge in [-0.15, -0.1) is 0 Å². The minimum absolute atomic E-state index is 0.353. The molecule has 0 saturated heterocycles. The third-order valence-corrected chi connectivity index (χ3v) is 3.26. The fraction of sp³-hybridized carbons (Fsp3) is 0.235. The molecule has 5 nitrogen and oxygen atoms in total. The van der Waals surface area contributed by atoms with Gasteiger partial charge in [0, 0.05) is 4.47 Å². The molecule has 2 rings (SSSR count). The molecule has 2 aromatic carbocycles. The van der Waals surface area contributed by atoms with Gasteiger partial charge in [-0.2, -0.15) is 0 Å². The number of ether oxygens (including phenoxy) is 3. The normalized spacial score (nSPS) is 10.0. The van der Waals surface area contributed by atoms with E-state index in [9.17, 15) is 4.79 Å². The molecule has 0 fully saturated rings. The smallest absolute Gasteiger partial charge is 0.407 e. The van der Waals surface area contributed by atoms with Crippen LogP contribution in [0.25, 0.3) is 0 Å². The lowest BCUT2D eigenvalue weighted by atomic mass is 10.3. The van der Waals surface area contributed by atoms with Crippen molar-refractivity contribution in [3.63, 3.8) is 0 Å². The van der Waals surface area contributed by atoms with Gasteiger partial charge in [-0.05, 0) is 49.4 Å². The summed E-state index contributed by atoms with van der Waals surface area (Å²) in [6, 6.07) is 14.9. The van der Waals surface area contributed by atoms with Crippen LogP contribution >= 0.6 is 15.9 Å². The van der Waals surface area contributed by atoms with Crippen LogP contribution < -0.4 is 14.8 Å². The molecule has 6 heteroatoms. The van der Waals surface area contributed by atoms with Crippen molar-refractivity contribution in [2.24, 2.45) is 0 Å². The van der Waals surface area contributed by atoms with Crippen LogP contribution in [0.3, 0.4) is 0 Å². The maximum absolute atomic E-state index is 11.1. The molecule has 1 N–H and O–H groups in total. The van der Waals surface area contributed by atoms with Crippen molar-refractivity contribution < 1.29 is 19.0 Å². The average molecular weight is 380 g/mol. The van der Waals surface area contributed by atoms with Gasteiger partial charge in [0.15, 0.2) is 0 Å². The SMILES string of the molecule is CCOC(=O)NCCOc1ccc(Oc2cccc(Br)c2)cc1. The summed E-state index contributed by atoms with van der Waals surface area (Å²) >= 11 is 3.40. The molecule has 23 heavy (non-hydrogen) atoms. The van der Waals surface area contributed by atoms with E-state index in [0.717, 1.165) is 16.0 Å². The molecule has 0 heterocycles. The predicted molar refractivity (Wildman–Crippen MR) is 91.2 cm³/mol. The van der Waals surface area contributed by atoms with E-state index in [4.69, 9.17) is 14.2 Å². The van der Waals surface area contributed by atoms with Crippen LogP contribution in [0.5, 0.6) is 17.2 Å². The molecule has 0 saturated carbocycles. The summed E-state index contributed by atoms with van der Waals surface area (Å²) in [5, 5.41) is 2.59. The maximum Gasteiger partial charge on any atom is 0.407 e. The Bertz CT molecular complexity index is 631. The Morgan fingerprint density at radius 2 is 1.83 bits per heavy atom. The standard InChI is InChI=1S/C17H18BrNO4/c1-2-21-17(20)19-10-11-22-14-6-8-15(9-7-14)23-16-5-3-4-13(18)12-16/h3-9,12H,2,10-11H2,1H3,(H,19,20). The monoisotopic (exact) mass is 379 g/mol. The van der Waals surface area contributed by atoms with Crippen LogP contribution in [0.4, 0.5) is 4.79 Å². The zero-order valence-corrected chi connectivity index (χ0v) is 14.3. The molecular weight excluding hydrogens is 362 g/mol. The number of benzene rings is 2. The predicted octanol–water partition coefficient (Wildman–Crippen LogP) is 4.37. The van der Waals surface area contributed by atoms with E-state index in [1.165, 1.54) is 0 Å². The molecule has 0 unspecified atom stereocenters. The van der Waals surface area contributed by atoms with Gasteiger partial charge in [-0.1, -0.05) is 22.0 Å². The first-order valence-corrected chi connectivity index (χ1v) is 8.03. The Balaban J connectivity index is 1.77. The molecule has 0 atom stereocenters. The van der Waals surface area contributed by atoms with Crippen molar-refractivity contribution in [3.05, 3.63) is 53.0 Å². The molecule has 0 aliphatic heterocycles. The van der Waals surface area contributed by atoms with Gasteiger partial charge < -0.3 is 19.5 Å². The first-order chi connectivity index (χ1) is 11.2. The number of hydrogen-bond donors (Lipinski definition) is 1. The van der Waals surface area contributed by atoms with Gasteiger partial charge in [0.25, 0.3) is 0 Å². The quantitative estimate of drug-likeness (QED) is 0.725. The Morgan fingerprint density at radius 1 is 1.09 bits per heavy atom. The summed E-state index contributed by atoms with van der Waals surface area (Å²) < 4.78 is 17.0. The van der Waals surface area contributed by atoms with E-state index < -0.39 is 6.09 Å². The lowest BCUT2D eigenvalue weighted by Crippen LogP contribution is -2.28.